The van der Waals surface area contributed by atoms with Crippen molar-refractivity contribution in [2.45, 2.75) is 24.5 Å². The highest BCUT2D eigenvalue weighted by molar-refractivity contribution is 7.92. The van der Waals surface area contributed by atoms with Crippen molar-refractivity contribution in [3.05, 3.63) is 70.5 Å². The number of carbonyl (C=O) groups is 1. The van der Waals surface area contributed by atoms with E-state index in [2.05, 4.69) is 5.32 Å². The van der Waals surface area contributed by atoms with E-state index in [1.54, 1.807) is 0 Å². The topological polar surface area (TPSA) is 63.2 Å². The summed E-state index contributed by atoms with van der Waals surface area (Å²) >= 11 is 5.86. The molecule has 0 aliphatic carbocycles. The van der Waals surface area contributed by atoms with Crippen LogP contribution in [0, 0.1) is 5.82 Å². The van der Waals surface area contributed by atoms with Crippen molar-refractivity contribution in [3.8, 4) is 0 Å². The third-order valence-electron chi connectivity index (χ3n) is 3.59. The van der Waals surface area contributed by atoms with Crippen molar-refractivity contribution >= 4 is 27.3 Å². The van der Waals surface area contributed by atoms with E-state index in [4.69, 9.17) is 11.6 Å². The smallest absolute Gasteiger partial charge is 0.238 e. The predicted octanol–water partition coefficient (Wildman–Crippen LogP) is 3.10. The number of benzene rings is 2. The van der Waals surface area contributed by atoms with Gasteiger partial charge in [-0.2, -0.15) is 0 Å². The molecule has 1 amide bonds. The van der Waals surface area contributed by atoms with Crippen LogP contribution in [0.4, 0.5) is 4.39 Å². The molecule has 0 aromatic heterocycles. The largest absolute Gasteiger partial charge is 0.351 e. The average molecular weight is 370 g/mol. The number of nitrogens with one attached hydrogen (secondary N) is 1. The highest BCUT2D eigenvalue weighted by atomic mass is 35.5. The molecule has 4 nitrogen and oxygen atoms in total. The monoisotopic (exact) mass is 369 g/mol. The SMILES string of the molecule is C[C@@H](C(=O)NCc1ccccc1)S(=O)(=O)Cc1ccc(F)cc1Cl. The molecular weight excluding hydrogens is 353 g/mol. The second-order valence-corrected chi connectivity index (χ2v) is 8.12. The van der Waals surface area contributed by atoms with Crippen LogP contribution in [0.1, 0.15) is 18.1 Å². The highest BCUT2D eigenvalue weighted by Gasteiger charge is 2.28. The van der Waals surface area contributed by atoms with E-state index in [1.807, 2.05) is 30.3 Å². The van der Waals surface area contributed by atoms with E-state index in [9.17, 15) is 17.6 Å². The Morgan fingerprint density at radius 1 is 1.21 bits per heavy atom. The minimum absolute atomic E-state index is 0.0236. The number of hydrogen-bond donors (Lipinski definition) is 1. The molecule has 24 heavy (non-hydrogen) atoms. The fourth-order valence-corrected chi connectivity index (χ4v) is 3.73. The molecule has 7 heteroatoms. The summed E-state index contributed by atoms with van der Waals surface area (Å²) in [7, 11) is -3.77. The zero-order chi connectivity index (χ0) is 17.7. The first kappa shape index (κ1) is 18.4. The maximum atomic E-state index is 13.0. The summed E-state index contributed by atoms with van der Waals surface area (Å²) in [6.45, 7) is 1.57. The van der Waals surface area contributed by atoms with Gasteiger partial charge >= 0.3 is 0 Å². The molecule has 0 spiro atoms. The van der Waals surface area contributed by atoms with Gasteiger partial charge in [-0.25, -0.2) is 12.8 Å². The molecule has 0 saturated heterocycles. The summed E-state index contributed by atoms with van der Waals surface area (Å²) in [5.41, 5.74) is 1.14. The normalized spacial score (nSPS) is 12.6. The minimum Gasteiger partial charge on any atom is -0.351 e. The Morgan fingerprint density at radius 3 is 2.50 bits per heavy atom. The molecule has 0 saturated carbocycles. The van der Waals surface area contributed by atoms with Crippen molar-refractivity contribution in [2.75, 3.05) is 0 Å². The van der Waals surface area contributed by atoms with E-state index < -0.39 is 32.6 Å². The van der Waals surface area contributed by atoms with Gasteiger partial charge < -0.3 is 5.32 Å². The molecule has 128 valence electrons. The van der Waals surface area contributed by atoms with Gasteiger partial charge in [0.1, 0.15) is 11.1 Å². The van der Waals surface area contributed by atoms with Gasteiger partial charge in [-0.15, -0.1) is 0 Å². The zero-order valence-corrected chi connectivity index (χ0v) is 14.6. The first-order chi connectivity index (χ1) is 11.3. The van der Waals surface area contributed by atoms with Crippen molar-refractivity contribution in [2.24, 2.45) is 0 Å². The second kappa shape index (κ2) is 7.77. The first-order valence-corrected chi connectivity index (χ1v) is 9.36. The van der Waals surface area contributed by atoms with Gasteiger partial charge in [0.25, 0.3) is 0 Å². The van der Waals surface area contributed by atoms with Crippen molar-refractivity contribution < 1.29 is 17.6 Å². The third kappa shape index (κ3) is 4.79. The number of carbonyl (C=O) groups excluding carboxylic acids is 1. The zero-order valence-electron chi connectivity index (χ0n) is 13.0. The van der Waals surface area contributed by atoms with Crippen LogP contribution < -0.4 is 5.32 Å². The fourth-order valence-electron chi connectivity index (χ4n) is 2.07. The molecule has 0 aliphatic rings. The Labute approximate surface area is 145 Å². The van der Waals surface area contributed by atoms with Crippen LogP contribution in [0.25, 0.3) is 0 Å². The standard InChI is InChI=1S/C17H17ClFNO3S/c1-12(17(21)20-10-13-5-3-2-4-6-13)24(22,23)11-14-7-8-15(19)9-16(14)18/h2-9,12H,10-11H2,1H3,(H,20,21)/t12-/m0/s1. The van der Waals surface area contributed by atoms with E-state index in [0.717, 1.165) is 17.7 Å². The van der Waals surface area contributed by atoms with Crippen LogP contribution in [0.2, 0.25) is 5.02 Å². The molecule has 1 N–H and O–H groups in total. The van der Waals surface area contributed by atoms with Gasteiger partial charge in [0.2, 0.25) is 5.91 Å². The quantitative estimate of drug-likeness (QED) is 0.851. The van der Waals surface area contributed by atoms with E-state index in [0.29, 0.717) is 0 Å². The fraction of sp³-hybridized carbons (Fsp3) is 0.235. The van der Waals surface area contributed by atoms with Crippen LogP contribution >= 0.6 is 11.6 Å². The van der Waals surface area contributed by atoms with E-state index in [1.165, 1.54) is 13.0 Å². The molecule has 0 heterocycles. The molecular formula is C17H17ClFNO3S. The van der Waals surface area contributed by atoms with Gasteiger partial charge in [0, 0.05) is 11.6 Å². The lowest BCUT2D eigenvalue weighted by Crippen LogP contribution is -2.38. The van der Waals surface area contributed by atoms with E-state index >= 15 is 0 Å². The lowest BCUT2D eigenvalue weighted by atomic mass is 10.2. The summed E-state index contributed by atoms with van der Waals surface area (Å²) in [6, 6.07) is 12.7. The van der Waals surface area contributed by atoms with Gasteiger partial charge in [-0.1, -0.05) is 48.0 Å². The molecule has 2 aromatic rings. The maximum absolute atomic E-state index is 13.0. The van der Waals surface area contributed by atoms with Crippen LogP contribution in [0.15, 0.2) is 48.5 Å². The lowest BCUT2D eigenvalue weighted by Gasteiger charge is -2.14. The Bertz CT molecular complexity index is 825. The summed E-state index contributed by atoms with van der Waals surface area (Å²) in [4.78, 5) is 12.1. The number of halogens is 2. The van der Waals surface area contributed by atoms with Crippen LogP contribution in [0.5, 0.6) is 0 Å². The van der Waals surface area contributed by atoms with Gasteiger partial charge in [-0.05, 0) is 30.2 Å². The van der Waals surface area contributed by atoms with Crippen molar-refractivity contribution in [1.82, 2.24) is 5.32 Å². The number of amides is 1. The molecule has 0 unspecified atom stereocenters. The minimum atomic E-state index is -3.77. The Morgan fingerprint density at radius 2 is 1.88 bits per heavy atom. The molecule has 2 aromatic carbocycles. The Hall–Kier alpha value is -1.92. The van der Waals surface area contributed by atoms with Crippen LogP contribution in [-0.4, -0.2) is 19.6 Å². The predicted molar refractivity (Wildman–Crippen MR) is 91.8 cm³/mol. The summed E-state index contributed by atoms with van der Waals surface area (Å²) < 4.78 is 37.8. The Kier molecular flexibility index (Phi) is 5.96. The highest BCUT2D eigenvalue weighted by Crippen LogP contribution is 2.21. The first-order valence-electron chi connectivity index (χ1n) is 7.27. The average Bonchev–Trinajstić information content (AvgIpc) is 2.55. The number of rotatable bonds is 6. The number of hydrogen-bond acceptors (Lipinski definition) is 3. The third-order valence-corrected chi connectivity index (χ3v) is 5.95. The van der Waals surface area contributed by atoms with Gasteiger partial charge in [-0.3, -0.25) is 4.79 Å². The summed E-state index contributed by atoms with van der Waals surface area (Å²) in [5.74, 6) is -1.56. The van der Waals surface area contributed by atoms with Crippen LogP contribution in [-0.2, 0) is 26.9 Å². The van der Waals surface area contributed by atoms with E-state index in [-0.39, 0.29) is 17.1 Å². The maximum Gasteiger partial charge on any atom is 0.238 e. The number of sulfone groups is 1. The molecule has 1 atom stereocenters. The molecule has 0 radical (unpaired) electrons. The van der Waals surface area contributed by atoms with Crippen molar-refractivity contribution in [3.63, 3.8) is 0 Å². The lowest BCUT2D eigenvalue weighted by molar-refractivity contribution is -0.120. The van der Waals surface area contributed by atoms with Crippen molar-refractivity contribution in [1.29, 1.82) is 0 Å². The summed E-state index contributed by atoms with van der Waals surface area (Å²) in [5, 5.41) is 1.39. The van der Waals surface area contributed by atoms with Crippen LogP contribution in [0.3, 0.4) is 0 Å². The Balaban J connectivity index is 2.03. The molecule has 0 aliphatic heterocycles. The van der Waals surface area contributed by atoms with Gasteiger partial charge in [0.05, 0.1) is 5.75 Å². The summed E-state index contributed by atoms with van der Waals surface area (Å²) in [6.07, 6.45) is 0. The molecule has 0 bridgehead atoms. The molecule has 0 fully saturated rings. The molecule has 2 rings (SSSR count). The van der Waals surface area contributed by atoms with Gasteiger partial charge in [0.15, 0.2) is 9.84 Å². The second-order valence-electron chi connectivity index (χ2n) is 5.39.